The van der Waals surface area contributed by atoms with Crippen molar-refractivity contribution in [1.82, 2.24) is 9.97 Å². The molecular formula is C13H20ClN3O2. The van der Waals surface area contributed by atoms with Crippen LogP contribution >= 0.6 is 11.6 Å². The molecular weight excluding hydrogens is 266 g/mol. The number of carbonyl (C=O) groups excluding carboxylic acids is 1. The van der Waals surface area contributed by atoms with Crippen molar-refractivity contribution in [3.05, 3.63) is 16.5 Å². The summed E-state index contributed by atoms with van der Waals surface area (Å²) in [6, 6.07) is 0. The Balaban J connectivity index is 2.43. The quantitative estimate of drug-likeness (QED) is 0.452. The van der Waals surface area contributed by atoms with Crippen LogP contribution < -0.4 is 5.32 Å². The molecule has 1 rings (SSSR count). The molecule has 0 bridgehead atoms. The standard InChI is InChI=1S/C13H20ClN3O2/c1-9(2)19-7-5-4-6-15-13-11(8-18)12(14)16-10(3)17-13/h8-9H,4-7H2,1-3H3,(H,15,16,17). The van der Waals surface area contributed by atoms with Gasteiger partial charge >= 0.3 is 0 Å². The van der Waals surface area contributed by atoms with Crippen LogP contribution in [0.5, 0.6) is 0 Å². The molecule has 1 N–H and O–H groups in total. The lowest BCUT2D eigenvalue weighted by Crippen LogP contribution is -2.10. The van der Waals surface area contributed by atoms with E-state index in [1.165, 1.54) is 0 Å². The van der Waals surface area contributed by atoms with E-state index in [1.54, 1.807) is 6.92 Å². The average Bonchev–Trinajstić information content (AvgIpc) is 2.32. The van der Waals surface area contributed by atoms with Gasteiger partial charge in [0.15, 0.2) is 6.29 Å². The van der Waals surface area contributed by atoms with Gasteiger partial charge in [0.25, 0.3) is 0 Å². The van der Waals surface area contributed by atoms with Crippen molar-refractivity contribution in [2.75, 3.05) is 18.5 Å². The van der Waals surface area contributed by atoms with Gasteiger partial charge in [-0.1, -0.05) is 11.6 Å². The number of hydrogen-bond donors (Lipinski definition) is 1. The van der Waals surface area contributed by atoms with E-state index in [0.717, 1.165) is 26.0 Å². The number of halogens is 1. The van der Waals surface area contributed by atoms with Crippen LogP contribution in [0.15, 0.2) is 0 Å². The largest absolute Gasteiger partial charge is 0.379 e. The van der Waals surface area contributed by atoms with Crippen LogP contribution in [0.2, 0.25) is 5.15 Å². The van der Waals surface area contributed by atoms with Crippen LogP contribution in [0, 0.1) is 6.92 Å². The minimum Gasteiger partial charge on any atom is -0.379 e. The van der Waals surface area contributed by atoms with Crippen LogP contribution in [-0.2, 0) is 4.74 Å². The average molecular weight is 286 g/mol. The van der Waals surface area contributed by atoms with E-state index in [4.69, 9.17) is 16.3 Å². The zero-order valence-corrected chi connectivity index (χ0v) is 12.3. The van der Waals surface area contributed by atoms with Gasteiger partial charge in [0.05, 0.1) is 11.7 Å². The molecule has 0 amide bonds. The summed E-state index contributed by atoms with van der Waals surface area (Å²) in [6.07, 6.45) is 2.83. The van der Waals surface area contributed by atoms with Crippen molar-refractivity contribution in [3.63, 3.8) is 0 Å². The Morgan fingerprint density at radius 1 is 1.37 bits per heavy atom. The Bertz CT molecular complexity index is 425. The third-order valence-corrected chi connectivity index (χ3v) is 2.73. The number of nitrogens with zero attached hydrogens (tertiary/aromatic N) is 2. The first-order chi connectivity index (χ1) is 9.04. The predicted molar refractivity (Wildman–Crippen MR) is 76.0 cm³/mol. The number of ether oxygens (including phenoxy) is 1. The van der Waals surface area contributed by atoms with E-state index in [9.17, 15) is 4.79 Å². The molecule has 19 heavy (non-hydrogen) atoms. The van der Waals surface area contributed by atoms with Crippen LogP contribution in [-0.4, -0.2) is 35.5 Å². The van der Waals surface area contributed by atoms with E-state index >= 15 is 0 Å². The first-order valence-electron chi connectivity index (χ1n) is 6.39. The van der Waals surface area contributed by atoms with E-state index in [2.05, 4.69) is 15.3 Å². The minimum atomic E-state index is 0.188. The Hall–Kier alpha value is -1.20. The summed E-state index contributed by atoms with van der Waals surface area (Å²) >= 11 is 5.89. The van der Waals surface area contributed by atoms with Crippen molar-refractivity contribution in [2.45, 2.75) is 39.7 Å². The van der Waals surface area contributed by atoms with Crippen LogP contribution in [0.4, 0.5) is 5.82 Å². The zero-order valence-electron chi connectivity index (χ0n) is 11.6. The van der Waals surface area contributed by atoms with Crippen molar-refractivity contribution in [2.24, 2.45) is 0 Å². The number of anilines is 1. The summed E-state index contributed by atoms with van der Waals surface area (Å²) in [4.78, 5) is 19.1. The second kappa shape index (κ2) is 8.07. The number of hydrogen-bond acceptors (Lipinski definition) is 5. The predicted octanol–water partition coefficient (Wildman–Crippen LogP) is 2.87. The Morgan fingerprint density at radius 2 is 2.11 bits per heavy atom. The first-order valence-corrected chi connectivity index (χ1v) is 6.77. The highest BCUT2D eigenvalue weighted by atomic mass is 35.5. The van der Waals surface area contributed by atoms with Gasteiger partial charge in [0, 0.05) is 13.2 Å². The molecule has 0 aromatic carbocycles. The van der Waals surface area contributed by atoms with Gasteiger partial charge in [-0.3, -0.25) is 4.79 Å². The molecule has 1 aromatic heterocycles. The molecule has 1 aromatic rings. The minimum absolute atomic E-state index is 0.188. The van der Waals surface area contributed by atoms with Crippen molar-refractivity contribution >= 4 is 23.7 Å². The number of rotatable bonds is 8. The maximum atomic E-state index is 10.9. The van der Waals surface area contributed by atoms with E-state index in [1.807, 2.05) is 13.8 Å². The maximum absolute atomic E-state index is 10.9. The Labute approximate surface area is 118 Å². The van der Waals surface area contributed by atoms with Crippen molar-refractivity contribution < 1.29 is 9.53 Å². The summed E-state index contributed by atoms with van der Waals surface area (Å²) < 4.78 is 5.45. The maximum Gasteiger partial charge on any atom is 0.156 e. The lowest BCUT2D eigenvalue weighted by atomic mass is 10.3. The molecule has 0 saturated heterocycles. The van der Waals surface area contributed by atoms with E-state index < -0.39 is 0 Å². The Kier molecular flexibility index (Phi) is 6.73. The molecule has 106 valence electrons. The van der Waals surface area contributed by atoms with E-state index in [0.29, 0.717) is 23.5 Å². The third kappa shape index (κ3) is 5.53. The molecule has 0 aliphatic carbocycles. The molecule has 0 unspecified atom stereocenters. The molecule has 1 heterocycles. The SMILES string of the molecule is Cc1nc(Cl)c(C=O)c(NCCCCOC(C)C)n1. The third-order valence-electron chi connectivity index (χ3n) is 2.44. The molecule has 0 fully saturated rings. The van der Waals surface area contributed by atoms with Gasteiger partial charge in [0.2, 0.25) is 0 Å². The highest BCUT2D eigenvalue weighted by Crippen LogP contribution is 2.18. The molecule has 0 radical (unpaired) electrons. The van der Waals surface area contributed by atoms with Crippen LogP contribution in [0.3, 0.4) is 0 Å². The number of aldehydes is 1. The first kappa shape index (κ1) is 15.9. The highest BCUT2D eigenvalue weighted by Gasteiger charge is 2.10. The van der Waals surface area contributed by atoms with Gasteiger partial charge in [-0.05, 0) is 33.6 Å². The lowest BCUT2D eigenvalue weighted by molar-refractivity contribution is 0.0765. The van der Waals surface area contributed by atoms with Gasteiger partial charge in [-0.2, -0.15) is 0 Å². The Morgan fingerprint density at radius 3 is 2.74 bits per heavy atom. The zero-order chi connectivity index (χ0) is 14.3. The fourth-order valence-electron chi connectivity index (χ4n) is 1.54. The normalized spacial score (nSPS) is 10.8. The number of nitrogens with one attached hydrogen (secondary N) is 1. The van der Waals surface area contributed by atoms with Gasteiger partial charge < -0.3 is 10.1 Å². The smallest absolute Gasteiger partial charge is 0.156 e. The fraction of sp³-hybridized carbons (Fsp3) is 0.615. The topological polar surface area (TPSA) is 64.1 Å². The molecule has 0 spiro atoms. The summed E-state index contributed by atoms with van der Waals surface area (Å²) in [7, 11) is 0. The summed E-state index contributed by atoms with van der Waals surface area (Å²) in [5, 5.41) is 3.30. The summed E-state index contributed by atoms with van der Waals surface area (Å²) in [5.74, 6) is 1.04. The second-order valence-corrected chi connectivity index (χ2v) is 4.85. The van der Waals surface area contributed by atoms with Gasteiger partial charge in [-0.25, -0.2) is 9.97 Å². The summed E-state index contributed by atoms with van der Waals surface area (Å²) in [5.41, 5.74) is 0.311. The number of carbonyl (C=O) groups is 1. The molecule has 0 aliphatic rings. The van der Waals surface area contributed by atoms with Gasteiger partial charge in [-0.15, -0.1) is 0 Å². The van der Waals surface area contributed by atoms with Crippen molar-refractivity contribution in [1.29, 1.82) is 0 Å². The summed E-state index contributed by atoms with van der Waals surface area (Å²) in [6.45, 7) is 7.22. The monoisotopic (exact) mass is 285 g/mol. The fourth-order valence-corrected chi connectivity index (χ4v) is 1.80. The van der Waals surface area contributed by atoms with Gasteiger partial charge in [0.1, 0.15) is 16.8 Å². The van der Waals surface area contributed by atoms with Crippen LogP contribution in [0.25, 0.3) is 0 Å². The number of aromatic nitrogens is 2. The van der Waals surface area contributed by atoms with Crippen LogP contribution in [0.1, 0.15) is 42.9 Å². The molecule has 0 saturated carbocycles. The van der Waals surface area contributed by atoms with Crippen molar-refractivity contribution in [3.8, 4) is 0 Å². The second-order valence-electron chi connectivity index (χ2n) is 4.50. The molecule has 0 aliphatic heterocycles. The number of unbranched alkanes of at least 4 members (excludes halogenated alkanes) is 1. The lowest BCUT2D eigenvalue weighted by Gasteiger charge is -2.10. The molecule has 0 atom stereocenters. The molecule has 5 nitrogen and oxygen atoms in total. The highest BCUT2D eigenvalue weighted by molar-refractivity contribution is 6.32. The van der Waals surface area contributed by atoms with E-state index in [-0.39, 0.29) is 11.3 Å². The number of aryl methyl sites for hydroxylation is 1. The molecule has 6 heteroatoms.